The van der Waals surface area contributed by atoms with E-state index in [4.69, 9.17) is 5.11 Å². The van der Waals surface area contributed by atoms with E-state index >= 15 is 0 Å². The summed E-state index contributed by atoms with van der Waals surface area (Å²) in [7, 11) is 1.78. The standard InChI is InChI=1S/C19H33N5O7/c1-12(6-7-17(28)29)18(30)21-9-15(26)23-13(2)19(31)22-10-16(27)24-14(11-25)5-4-8-20-3/h11-14,20H,4-10H2,1-3H3,(H,21,30)(H,22,31)(H,23,26)(H,24,27)(H,28,29). The number of nitrogens with one attached hydrogen (secondary N) is 5. The van der Waals surface area contributed by atoms with Gasteiger partial charge in [-0.3, -0.25) is 24.0 Å². The second-order valence-corrected chi connectivity index (χ2v) is 7.11. The summed E-state index contributed by atoms with van der Waals surface area (Å²) in [5, 5.41) is 21.2. The molecule has 0 saturated heterocycles. The molecule has 0 aliphatic carbocycles. The summed E-state index contributed by atoms with van der Waals surface area (Å²) in [5.74, 6) is -3.81. The third-order valence-electron chi connectivity index (χ3n) is 4.31. The zero-order valence-electron chi connectivity index (χ0n) is 18.2. The molecule has 0 aromatic rings. The number of carbonyl (C=O) groups excluding carboxylic acids is 5. The Hall–Kier alpha value is -3.02. The number of carboxylic acids is 1. The number of carboxylic acid groups (broad SMARTS) is 1. The molecule has 0 aliphatic rings. The van der Waals surface area contributed by atoms with Gasteiger partial charge in [-0.25, -0.2) is 0 Å². The minimum atomic E-state index is -1.01. The van der Waals surface area contributed by atoms with Crippen LogP contribution >= 0.6 is 0 Å². The summed E-state index contributed by atoms with van der Waals surface area (Å²) in [6, 6.07) is -1.60. The van der Waals surface area contributed by atoms with Gasteiger partial charge in [-0.15, -0.1) is 0 Å². The summed E-state index contributed by atoms with van der Waals surface area (Å²) in [6.45, 7) is 2.94. The van der Waals surface area contributed by atoms with Crippen molar-refractivity contribution in [1.29, 1.82) is 0 Å². The average Bonchev–Trinajstić information content (AvgIpc) is 2.73. The molecule has 6 N–H and O–H groups in total. The van der Waals surface area contributed by atoms with Crippen molar-refractivity contribution < 1.29 is 33.9 Å². The maximum absolute atomic E-state index is 12.0. The lowest BCUT2D eigenvalue weighted by molar-refractivity contribution is -0.137. The normalized spacial score (nSPS) is 13.3. The number of aliphatic carboxylic acids is 1. The van der Waals surface area contributed by atoms with Crippen LogP contribution in [0.15, 0.2) is 0 Å². The van der Waals surface area contributed by atoms with E-state index in [-0.39, 0.29) is 25.9 Å². The van der Waals surface area contributed by atoms with Crippen LogP contribution in [0.3, 0.4) is 0 Å². The second kappa shape index (κ2) is 15.8. The number of aldehydes is 1. The molecule has 3 atom stereocenters. The molecule has 0 spiro atoms. The zero-order chi connectivity index (χ0) is 23.8. The van der Waals surface area contributed by atoms with Crippen LogP contribution in [0.25, 0.3) is 0 Å². The first kappa shape index (κ1) is 28.0. The van der Waals surface area contributed by atoms with Crippen molar-refractivity contribution >= 4 is 35.9 Å². The fraction of sp³-hybridized carbons (Fsp3) is 0.684. The highest BCUT2D eigenvalue weighted by Gasteiger charge is 2.19. The smallest absolute Gasteiger partial charge is 0.303 e. The third kappa shape index (κ3) is 13.8. The van der Waals surface area contributed by atoms with E-state index in [0.29, 0.717) is 25.7 Å². The van der Waals surface area contributed by atoms with Crippen LogP contribution in [0, 0.1) is 5.92 Å². The minimum absolute atomic E-state index is 0.143. The Balaban J connectivity index is 4.22. The SMILES string of the molecule is CNCCCC(C=O)NC(=O)CNC(=O)C(C)NC(=O)CNC(=O)C(C)CCC(=O)O. The van der Waals surface area contributed by atoms with E-state index in [2.05, 4.69) is 26.6 Å². The molecule has 176 valence electrons. The van der Waals surface area contributed by atoms with Crippen LogP contribution in [-0.2, 0) is 28.8 Å². The lowest BCUT2D eigenvalue weighted by Gasteiger charge is -2.16. The van der Waals surface area contributed by atoms with Crippen LogP contribution in [0.2, 0.25) is 0 Å². The largest absolute Gasteiger partial charge is 0.481 e. The lowest BCUT2D eigenvalue weighted by atomic mass is 10.1. The first-order valence-corrected chi connectivity index (χ1v) is 10.1. The van der Waals surface area contributed by atoms with Gasteiger partial charge in [0.05, 0.1) is 19.1 Å². The highest BCUT2D eigenvalue weighted by molar-refractivity contribution is 5.92. The average molecular weight is 444 g/mol. The maximum atomic E-state index is 12.0. The highest BCUT2D eigenvalue weighted by atomic mass is 16.4. The Morgan fingerprint density at radius 2 is 1.48 bits per heavy atom. The van der Waals surface area contributed by atoms with Crippen LogP contribution in [0.4, 0.5) is 0 Å². The predicted octanol–water partition coefficient (Wildman–Crippen LogP) is -2.09. The van der Waals surface area contributed by atoms with Gasteiger partial charge in [0, 0.05) is 12.3 Å². The van der Waals surface area contributed by atoms with Crippen molar-refractivity contribution in [1.82, 2.24) is 26.6 Å². The summed E-state index contributed by atoms with van der Waals surface area (Å²) in [5.41, 5.74) is 0. The van der Waals surface area contributed by atoms with E-state index < -0.39 is 47.6 Å². The maximum Gasteiger partial charge on any atom is 0.303 e. The van der Waals surface area contributed by atoms with E-state index in [1.807, 2.05) is 0 Å². The quantitative estimate of drug-likeness (QED) is 0.116. The number of rotatable bonds is 16. The van der Waals surface area contributed by atoms with Crippen LogP contribution in [0.5, 0.6) is 0 Å². The highest BCUT2D eigenvalue weighted by Crippen LogP contribution is 2.05. The summed E-state index contributed by atoms with van der Waals surface area (Å²) in [4.78, 5) is 69.1. The molecule has 0 rings (SSSR count). The molecule has 0 aliphatic heterocycles. The van der Waals surface area contributed by atoms with Crippen molar-refractivity contribution in [3.63, 3.8) is 0 Å². The van der Waals surface area contributed by atoms with Gasteiger partial charge >= 0.3 is 5.97 Å². The molecule has 31 heavy (non-hydrogen) atoms. The monoisotopic (exact) mass is 443 g/mol. The van der Waals surface area contributed by atoms with Gasteiger partial charge in [0.1, 0.15) is 12.3 Å². The fourth-order valence-corrected chi connectivity index (χ4v) is 2.42. The molecule has 0 heterocycles. The van der Waals surface area contributed by atoms with Crippen molar-refractivity contribution in [2.75, 3.05) is 26.7 Å². The lowest BCUT2D eigenvalue weighted by Crippen LogP contribution is -2.50. The molecule has 0 saturated carbocycles. The first-order chi connectivity index (χ1) is 14.6. The van der Waals surface area contributed by atoms with E-state index in [1.165, 1.54) is 6.92 Å². The number of hydrogen-bond donors (Lipinski definition) is 6. The topological polar surface area (TPSA) is 183 Å². The first-order valence-electron chi connectivity index (χ1n) is 10.1. The molecular weight excluding hydrogens is 410 g/mol. The Bertz CT molecular complexity index is 641. The van der Waals surface area contributed by atoms with Gasteiger partial charge in [0.2, 0.25) is 23.6 Å². The van der Waals surface area contributed by atoms with Gasteiger partial charge in [0.25, 0.3) is 0 Å². The van der Waals surface area contributed by atoms with Gasteiger partial charge in [-0.2, -0.15) is 0 Å². The Morgan fingerprint density at radius 3 is 2.03 bits per heavy atom. The van der Waals surface area contributed by atoms with E-state index in [1.54, 1.807) is 14.0 Å². The van der Waals surface area contributed by atoms with Crippen molar-refractivity contribution in [2.24, 2.45) is 5.92 Å². The van der Waals surface area contributed by atoms with Crippen LogP contribution in [0.1, 0.15) is 39.5 Å². The Morgan fingerprint density at radius 1 is 0.903 bits per heavy atom. The van der Waals surface area contributed by atoms with Gasteiger partial charge in [0.15, 0.2) is 0 Å². The van der Waals surface area contributed by atoms with Crippen LogP contribution < -0.4 is 26.6 Å². The van der Waals surface area contributed by atoms with Crippen LogP contribution in [-0.4, -0.2) is 79.8 Å². The predicted molar refractivity (Wildman–Crippen MR) is 111 cm³/mol. The number of hydrogen-bond acceptors (Lipinski definition) is 7. The molecular formula is C19H33N5O7. The molecule has 0 radical (unpaired) electrons. The van der Waals surface area contributed by atoms with Crippen molar-refractivity contribution in [3.05, 3.63) is 0 Å². The summed E-state index contributed by atoms with van der Waals surface area (Å²) < 4.78 is 0. The number of carbonyl (C=O) groups is 6. The van der Waals surface area contributed by atoms with Gasteiger partial charge in [-0.1, -0.05) is 6.92 Å². The van der Waals surface area contributed by atoms with E-state index in [9.17, 15) is 28.8 Å². The Labute approximate surface area is 181 Å². The molecule has 0 aromatic carbocycles. The second-order valence-electron chi connectivity index (χ2n) is 7.11. The molecule has 12 heteroatoms. The fourth-order valence-electron chi connectivity index (χ4n) is 2.42. The molecule has 4 amide bonds. The molecule has 0 fully saturated rings. The summed E-state index contributed by atoms with van der Waals surface area (Å²) >= 11 is 0. The minimum Gasteiger partial charge on any atom is -0.481 e. The molecule has 0 aromatic heterocycles. The molecule has 0 bridgehead atoms. The summed E-state index contributed by atoms with van der Waals surface area (Å²) in [6.07, 6.45) is 1.79. The molecule has 12 nitrogen and oxygen atoms in total. The Kier molecular flexibility index (Phi) is 14.2. The van der Waals surface area contributed by atoms with E-state index in [0.717, 1.165) is 0 Å². The van der Waals surface area contributed by atoms with Gasteiger partial charge < -0.3 is 36.5 Å². The van der Waals surface area contributed by atoms with Crippen molar-refractivity contribution in [2.45, 2.75) is 51.6 Å². The number of amides is 4. The third-order valence-corrected chi connectivity index (χ3v) is 4.31. The molecule has 3 unspecified atom stereocenters. The van der Waals surface area contributed by atoms with Crippen molar-refractivity contribution in [3.8, 4) is 0 Å². The zero-order valence-corrected chi connectivity index (χ0v) is 18.2. The van der Waals surface area contributed by atoms with Gasteiger partial charge in [-0.05, 0) is 39.8 Å².